The molecule has 3 N–H and O–H groups in total. The topological polar surface area (TPSA) is 85.1 Å². The smallest absolute Gasteiger partial charge is 0.248 e. The molecule has 0 saturated heterocycles. The van der Waals surface area contributed by atoms with Crippen molar-refractivity contribution in [2.75, 3.05) is 5.32 Å². The van der Waals surface area contributed by atoms with Gasteiger partial charge in [-0.25, -0.2) is 0 Å². The van der Waals surface area contributed by atoms with Crippen molar-refractivity contribution in [1.29, 1.82) is 0 Å². The van der Waals surface area contributed by atoms with Crippen molar-refractivity contribution in [2.24, 2.45) is 5.73 Å². The van der Waals surface area contributed by atoms with Crippen LogP contribution in [0.3, 0.4) is 0 Å². The van der Waals surface area contributed by atoms with E-state index < -0.39 is 5.91 Å². The summed E-state index contributed by atoms with van der Waals surface area (Å²) in [5, 5.41) is 2.87. The molecular formula is C20H22N3O2. The number of benzene rings is 1. The van der Waals surface area contributed by atoms with Crippen molar-refractivity contribution in [3.8, 4) is 0 Å². The van der Waals surface area contributed by atoms with Gasteiger partial charge in [0.1, 0.15) is 0 Å². The second-order valence-corrected chi connectivity index (χ2v) is 6.29. The highest BCUT2D eigenvalue weighted by molar-refractivity contribution is 5.97. The van der Waals surface area contributed by atoms with Crippen LogP contribution in [0.5, 0.6) is 0 Å². The predicted molar refractivity (Wildman–Crippen MR) is 97.1 cm³/mol. The fourth-order valence-corrected chi connectivity index (χ4v) is 3.19. The first-order valence-corrected chi connectivity index (χ1v) is 8.63. The van der Waals surface area contributed by atoms with Crippen LogP contribution in [0.1, 0.15) is 46.4 Å². The summed E-state index contributed by atoms with van der Waals surface area (Å²) >= 11 is 0. The third-order valence-corrected chi connectivity index (χ3v) is 4.46. The van der Waals surface area contributed by atoms with Crippen molar-refractivity contribution in [2.45, 2.75) is 38.5 Å². The highest BCUT2D eigenvalue weighted by atomic mass is 16.1. The molecule has 0 aliphatic heterocycles. The Labute approximate surface area is 147 Å². The molecule has 2 aromatic rings. The van der Waals surface area contributed by atoms with Gasteiger partial charge in [0.2, 0.25) is 11.8 Å². The van der Waals surface area contributed by atoms with Crippen LogP contribution in [0.4, 0.5) is 5.69 Å². The number of nitrogens with two attached hydrogens (primary N) is 1. The third-order valence-electron chi connectivity index (χ3n) is 4.46. The lowest BCUT2D eigenvalue weighted by atomic mass is 9.96. The van der Waals surface area contributed by atoms with Gasteiger partial charge >= 0.3 is 0 Å². The highest BCUT2D eigenvalue weighted by Gasteiger charge is 2.12. The van der Waals surface area contributed by atoms with Gasteiger partial charge in [0.15, 0.2) is 0 Å². The molecule has 0 spiro atoms. The molecule has 1 aromatic carbocycles. The average Bonchev–Trinajstić information content (AvgIpc) is 2.62. The number of aryl methyl sites for hydroxylation is 3. The molecule has 25 heavy (non-hydrogen) atoms. The highest BCUT2D eigenvalue weighted by Crippen LogP contribution is 2.22. The maximum atomic E-state index is 12.1. The molecule has 2 amide bonds. The summed E-state index contributed by atoms with van der Waals surface area (Å²) in [6.45, 7) is 0. The quantitative estimate of drug-likeness (QED) is 0.850. The van der Waals surface area contributed by atoms with Gasteiger partial charge < -0.3 is 11.1 Å². The average molecular weight is 336 g/mol. The molecule has 0 fully saturated rings. The van der Waals surface area contributed by atoms with E-state index in [1.807, 2.05) is 18.2 Å². The van der Waals surface area contributed by atoms with Crippen LogP contribution < -0.4 is 11.1 Å². The Hall–Kier alpha value is -2.69. The maximum absolute atomic E-state index is 12.1. The number of carbonyl (C=O) groups excluding carboxylic acids is 2. The van der Waals surface area contributed by atoms with E-state index in [4.69, 9.17) is 5.73 Å². The number of hydrogen-bond acceptors (Lipinski definition) is 3. The number of rotatable bonds is 6. The molecule has 1 radical (unpaired) electrons. The Morgan fingerprint density at radius 2 is 2.00 bits per heavy atom. The first-order chi connectivity index (χ1) is 12.1. The van der Waals surface area contributed by atoms with E-state index in [1.54, 1.807) is 24.8 Å². The molecule has 0 saturated carbocycles. The van der Waals surface area contributed by atoms with E-state index in [1.165, 1.54) is 18.4 Å². The van der Waals surface area contributed by atoms with Crippen LogP contribution in [0, 0.1) is 6.42 Å². The van der Waals surface area contributed by atoms with Crippen molar-refractivity contribution in [1.82, 2.24) is 4.98 Å². The summed E-state index contributed by atoms with van der Waals surface area (Å²) in [6, 6.07) is 9.23. The van der Waals surface area contributed by atoms with Gasteiger partial charge in [-0.15, -0.1) is 0 Å². The molecule has 129 valence electrons. The zero-order chi connectivity index (χ0) is 17.6. The minimum atomic E-state index is -0.444. The van der Waals surface area contributed by atoms with Gasteiger partial charge in [-0.3, -0.25) is 14.6 Å². The van der Waals surface area contributed by atoms with E-state index in [9.17, 15) is 9.59 Å². The molecule has 1 aliphatic rings. The van der Waals surface area contributed by atoms with E-state index in [-0.39, 0.29) is 5.91 Å². The van der Waals surface area contributed by atoms with Crippen molar-refractivity contribution >= 4 is 17.5 Å². The first-order valence-electron chi connectivity index (χ1n) is 8.63. The molecule has 5 heteroatoms. The number of nitrogens with zero attached hydrogens (tertiary/aromatic N) is 1. The van der Waals surface area contributed by atoms with Crippen molar-refractivity contribution < 1.29 is 9.59 Å². The molecule has 1 aliphatic carbocycles. The minimum absolute atomic E-state index is 0.158. The number of fused-ring (bicyclic) bond motifs is 1. The zero-order valence-corrected chi connectivity index (χ0v) is 14.1. The van der Waals surface area contributed by atoms with Gasteiger partial charge in [-0.2, -0.15) is 0 Å². The second-order valence-electron chi connectivity index (χ2n) is 6.29. The van der Waals surface area contributed by atoms with E-state index in [0.29, 0.717) is 18.4 Å². The summed E-state index contributed by atoms with van der Waals surface area (Å²) in [5.74, 6) is -0.602. The number of anilines is 1. The zero-order valence-electron chi connectivity index (χ0n) is 14.1. The molecule has 0 unspecified atom stereocenters. The van der Waals surface area contributed by atoms with Crippen LogP contribution in [-0.4, -0.2) is 16.8 Å². The number of primary amides is 1. The Morgan fingerprint density at radius 3 is 2.84 bits per heavy atom. The monoisotopic (exact) mass is 336 g/mol. The van der Waals surface area contributed by atoms with Crippen molar-refractivity contribution in [3.63, 3.8) is 0 Å². The fourth-order valence-electron chi connectivity index (χ4n) is 3.19. The van der Waals surface area contributed by atoms with Crippen molar-refractivity contribution in [3.05, 3.63) is 65.3 Å². The number of nitrogens with one attached hydrogen (secondary N) is 1. The fraction of sp³-hybridized carbons (Fsp3) is 0.300. The summed E-state index contributed by atoms with van der Waals surface area (Å²) in [5.41, 5.74) is 9.85. The minimum Gasteiger partial charge on any atom is -0.366 e. The lowest BCUT2D eigenvalue weighted by molar-refractivity contribution is -0.113. The molecule has 3 rings (SSSR count). The van der Waals surface area contributed by atoms with Gasteiger partial charge in [-0.05, 0) is 61.8 Å². The molecular weight excluding hydrogens is 314 g/mol. The number of aromatic nitrogens is 1. The molecule has 0 atom stereocenters. The van der Waals surface area contributed by atoms with Crippen LogP contribution in [0.25, 0.3) is 0 Å². The van der Waals surface area contributed by atoms with Crippen LogP contribution in [0.15, 0.2) is 36.5 Å². The van der Waals surface area contributed by atoms with Gasteiger partial charge in [0.05, 0.1) is 18.3 Å². The Balaban J connectivity index is 1.53. The number of amides is 2. The Kier molecular flexibility index (Phi) is 5.43. The molecule has 1 heterocycles. The largest absolute Gasteiger partial charge is 0.366 e. The normalized spacial score (nSPS) is 13.1. The first kappa shape index (κ1) is 17.1. The summed E-state index contributed by atoms with van der Waals surface area (Å²) < 4.78 is 0. The SMILES string of the molecule is NC(=O)c1ccccc1CC[CH]C(=O)Nc1cnc2c(c1)CCCC2. The van der Waals surface area contributed by atoms with Crippen LogP contribution in [-0.2, 0) is 24.1 Å². The van der Waals surface area contributed by atoms with Crippen LogP contribution >= 0.6 is 0 Å². The third kappa shape index (κ3) is 4.44. The lowest BCUT2D eigenvalue weighted by Gasteiger charge is -2.15. The number of pyridine rings is 1. The lowest BCUT2D eigenvalue weighted by Crippen LogP contribution is -2.15. The van der Waals surface area contributed by atoms with Gasteiger partial charge in [0.25, 0.3) is 0 Å². The molecule has 1 aromatic heterocycles. The van der Waals surface area contributed by atoms with E-state index in [0.717, 1.165) is 29.8 Å². The van der Waals surface area contributed by atoms with Crippen LogP contribution in [0.2, 0.25) is 0 Å². The van der Waals surface area contributed by atoms with E-state index in [2.05, 4.69) is 10.3 Å². The Bertz CT molecular complexity index is 786. The Morgan fingerprint density at radius 1 is 1.20 bits per heavy atom. The van der Waals surface area contributed by atoms with Gasteiger partial charge in [0, 0.05) is 11.3 Å². The van der Waals surface area contributed by atoms with Gasteiger partial charge in [-0.1, -0.05) is 18.2 Å². The standard InChI is InChI=1S/C20H22N3O2/c21-20(25)17-9-3-1-6-14(17)8-5-11-19(24)23-16-12-15-7-2-4-10-18(15)22-13-16/h1,3,6,9,11-13H,2,4-5,7-8,10H2,(H2,21,25)(H,23,24). The predicted octanol–water partition coefficient (Wildman–Crippen LogP) is 2.83. The molecule has 5 nitrogen and oxygen atoms in total. The summed E-state index contributed by atoms with van der Waals surface area (Å²) in [6.07, 6.45) is 8.86. The van der Waals surface area contributed by atoms with E-state index >= 15 is 0 Å². The summed E-state index contributed by atoms with van der Waals surface area (Å²) in [7, 11) is 0. The summed E-state index contributed by atoms with van der Waals surface area (Å²) in [4.78, 5) is 28.0. The number of hydrogen-bond donors (Lipinski definition) is 2. The second kappa shape index (κ2) is 7.92. The maximum Gasteiger partial charge on any atom is 0.248 e. The molecule has 0 bridgehead atoms. The number of carbonyl (C=O) groups is 2.